The predicted molar refractivity (Wildman–Crippen MR) is 80.0 cm³/mol. The Morgan fingerprint density at radius 2 is 2.10 bits per heavy atom. The van der Waals surface area contributed by atoms with Crippen LogP contribution in [0.25, 0.3) is 0 Å². The molecule has 2 rings (SSSR count). The highest BCUT2D eigenvalue weighted by Crippen LogP contribution is 2.33. The van der Waals surface area contributed by atoms with E-state index in [1.807, 2.05) is 19.1 Å². The maximum atomic E-state index is 11.0. The highest BCUT2D eigenvalue weighted by atomic mass is 35.5. The van der Waals surface area contributed by atoms with E-state index in [0.717, 1.165) is 22.4 Å². The molecule has 1 heterocycles. The van der Waals surface area contributed by atoms with Crippen LogP contribution in [-0.2, 0) is 0 Å². The number of ether oxygens (including phenoxy) is 1. The molecule has 0 N–H and O–H groups in total. The molecule has 0 aliphatic rings. The van der Waals surface area contributed by atoms with Gasteiger partial charge in [0.15, 0.2) is 6.29 Å². The fraction of sp³-hybridized carbons (Fsp3) is 0.250. The van der Waals surface area contributed by atoms with Gasteiger partial charge in [0.2, 0.25) is 5.88 Å². The van der Waals surface area contributed by atoms with Crippen molar-refractivity contribution in [3.63, 3.8) is 0 Å². The van der Waals surface area contributed by atoms with E-state index in [0.29, 0.717) is 23.1 Å². The first kappa shape index (κ1) is 14.5. The lowest BCUT2D eigenvalue weighted by Gasteiger charge is -2.14. The molecule has 0 saturated heterocycles. The minimum absolute atomic E-state index is 0.291. The maximum Gasteiger partial charge on any atom is 0.229 e. The third-order valence-corrected chi connectivity index (χ3v) is 3.38. The molecule has 4 heteroatoms. The summed E-state index contributed by atoms with van der Waals surface area (Å²) < 4.78 is 5.78. The van der Waals surface area contributed by atoms with Crippen LogP contribution in [0.15, 0.2) is 30.5 Å². The van der Waals surface area contributed by atoms with Crippen molar-refractivity contribution in [3.05, 3.63) is 52.2 Å². The second kappa shape index (κ2) is 6.06. The zero-order valence-corrected chi connectivity index (χ0v) is 12.4. The smallest absolute Gasteiger partial charge is 0.229 e. The van der Waals surface area contributed by atoms with Crippen LogP contribution in [0.4, 0.5) is 0 Å². The first-order valence-corrected chi connectivity index (χ1v) is 6.78. The van der Waals surface area contributed by atoms with Gasteiger partial charge in [0, 0.05) is 11.2 Å². The van der Waals surface area contributed by atoms with Gasteiger partial charge in [-0.1, -0.05) is 25.4 Å². The van der Waals surface area contributed by atoms with Crippen LogP contribution in [0, 0.1) is 6.92 Å². The summed E-state index contributed by atoms with van der Waals surface area (Å²) in [6.07, 6.45) is 2.33. The van der Waals surface area contributed by atoms with Crippen LogP contribution < -0.4 is 4.74 Å². The molecule has 0 bridgehead atoms. The molecule has 0 spiro atoms. The summed E-state index contributed by atoms with van der Waals surface area (Å²) in [5.74, 6) is 1.27. The van der Waals surface area contributed by atoms with Gasteiger partial charge in [-0.15, -0.1) is 0 Å². The van der Waals surface area contributed by atoms with Crippen LogP contribution in [0.5, 0.6) is 11.6 Å². The first-order chi connectivity index (χ1) is 9.52. The Kier molecular flexibility index (Phi) is 4.40. The van der Waals surface area contributed by atoms with E-state index >= 15 is 0 Å². The van der Waals surface area contributed by atoms with Crippen LogP contribution in [0.3, 0.4) is 0 Å². The van der Waals surface area contributed by atoms with E-state index in [2.05, 4.69) is 18.8 Å². The number of aryl methyl sites for hydroxylation is 1. The van der Waals surface area contributed by atoms with Gasteiger partial charge in [-0.2, -0.15) is 0 Å². The molecule has 0 amide bonds. The van der Waals surface area contributed by atoms with E-state index in [9.17, 15) is 4.79 Å². The van der Waals surface area contributed by atoms with Crippen molar-refractivity contribution in [2.45, 2.75) is 26.7 Å². The topological polar surface area (TPSA) is 39.2 Å². The van der Waals surface area contributed by atoms with Crippen molar-refractivity contribution in [1.29, 1.82) is 0 Å². The molecule has 1 aromatic heterocycles. The van der Waals surface area contributed by atoms with Crippen LogP contribution in [0.1, 0.15) is 41.3 Å². The van der Waals surface area contributed by atoms with Gasteiger partial charge < -0.3 is 4.74 Å². The van der Waals surface area contributed by atoms with Gasteiger partial charge >= 0.3 is 0 Å². The summed E-state index contributed by atoms with van der Waals surface area (Å²) in [6.45, 7) is 6.05. The van der Waals surface area contributed by atoms with E-state index in [1.54, 1.807) is 18.3 Å². The molecular weight excluding hydrogens is 274 g/mol. The molecule has 0 saturated carbocycles. The Balaban J connectivity index is 2.43. The normalized spacial score (nSPS) is 10.7. The lowest BCUT2D eigenvalue weighted by Crippen LogP contribution is -1.97. The number of aldehydes is 1. The van der Waals surface area contributed by atoms with Gasteiger partial charge in [-0.05, 0) is 48.2 Å². The molecular formula is C16H16ClNO2. The lowest BCUT2D eigenvalue weighted by molar-refractivity contribution is 0.112. The fourth-order valence-electron chi connectivity index (χ4n) is 1.90. The van der Waals surface area contributed by atoms with Gasteiger partial charge in [0.05, 0.1) is 5.56 Å². The van der Waals surface area contributed by atoms with E-state index in [-0.39, 0.29) is 0 Å². The van der Waals surface area contributed by atoms with Crippen molar-refractivity contribution < 1.29 is 9.53 Å². The monoisotopic (exact) mass is 289 g/mol. The van der Waals surface area contributed by atoms with E-state index in [4.69, 9.17) is 16.3 Å². The third-order valence-electron chi connectivity index (χ3n) is 3.05. The Morgan fingerprint density at radius 1 is 1.35 bits per heavy atom. The number of pyridine rings is 1. The molecule has 3 nitrogen and oxygen atoms in total. The summed E-state index contributed by atoms with van der Waals surface area (Å²) in [6, 6.07) is 7.15. The molecule has 1 aromatic carbocycles. The number of halogens is 1. The summed E-state index contributed by atoms with van der Waals surface area (Å²) in [5.41, 5.74) is 2.34. The maximum absolute atomic E-state index is 11.0. The highest BCUT2D eigenvalue weighted by molar-refractivity contribution is 6.31. The molecule has 0 atom stereocenters. The number of hydrogen-bond donors (Lipinski definition) is 0. The molecule has 20 heavy (non-hydrogen) atoms. The predicted octanol–water partition coefficient (Wildman–Crippen LogP) is 4.77. The van der Waals surface area contributed by atoms with Crippen molar-refractivity contribution >= 4 is 17.9 Å². The molecule has 2 aromatic rings. The number of rotatable bonds is 4. The number of carbonyl (C=O) groups excluding carboxylic acids is 1. The summed E-state index contributed by atoms with van der Waals surface area (Å²) >= 11 is 6.23. The van der Waals surface area contributed by atoms with Gasteiger partial charge in [0.25, 0.3) is 0 Å². The van der Waals surface area contributed by atoms with Crippen molar-refractivity contribution in [2.75, 3.05) is 0 Å². The van der Waals surface area contributed by atoms with Crippen LogP contribution >= 0.6 is 11.6 Å². The standard InChI is InChI=1S/C16H16ClNO2/c1-10(2)13-8-15(11(3)7-14(13)17)20-16-12(9-19)5-4-6-18-16/h4-10H,1-3H3. The fourth-order valence-corrected chi connectivity index (χ4v) is 2.34. The minimum Gasteiger partial charge on any atom is -0.438 e. The number of aromatic nitrogens is 1. The second-order valence-corrected chi connectivity index (χ2v) is 5.32. The Labute approximate surface area is 123 Å². The van der Waals surface area contributed by atoms with E-state index < -0.39 is 0 Å². The van der Waals surface area contributed by atoms with Crippen molar-refractivity contribution in [2.24, 2.45) is 0 Å². The van der Waals surface area contributed by atoms with Crippen molar-refractivity contribution in [1.82, 2.24) is 4.98 Å². The zero-order chi connectivity index (χ0) is 14.7. The van der Waals surface area contributed by atoms with E-state index in [1.165, 1.54) is 0 Å². The summed E-state index contributed by atoms with van der Waals surface area (Å²) in [5, 5.41) is 0.724. The van der Waals surface area contributed by atoms with Gasteiger partial charge in [0.1, 0.15) is 5.75 Å². The SMILES string of the molecule is Cc1cc(Cl)c(C(C)C)cc1Oc1ncccc1C=O. The number of nitrogens with zero attached hydrogens (tertiary/aromatic N) is 1. The number of hydrogen-bond acceptors (Lipinski definition) is 3. The van der Waals surface area contributed by atoms with Crippen LogP contribution in [0.2, 0.25) is 5.02 Å². The Bertz CT molecular complexity index is 638. The molecule has 0 unspecified atom stereocenters. The lowest BCUT2D eigenvalue weighted by atomic mass is 10.0. The molecule has 0 aliphatic heterocycles. The highest BCUT2D eigenvalue weighted by Gasteiger charge is 2.12. The number of carbonyl (C=O) groups is 1. The van der Waals surface area contributed by atoms with Gasteiger partial charge in [-0.25, -0.2) is 4.98 Å². The average Bonchev–Trinajstić information content (AvgIpc) is 2.42. The van der Waals surface area contributed by atoms with Gasteiger partial charge in [-0.3, -0.25) is 4.79 Å². The largest absolute Gasteiger partial charge is 0.438 e. The quantitative estimate of drug-likeness (QED) is 0.761. The first-order valence-electron chi connectivity index (χ1n) is 6.41. The van der Waals surface area contributed by atoms with Crippen LogP contribution in [-0.4, -0.2) is 11.3 Å². The summed E-state index contributed by atoms with van der Waals surface area (Å²) in [4.78, 5) is 15.1. The number of benzene rings is 1. The third kappa shape index (κ3) is 2.99. The summed E-state index contributed by atoms with van der Waals surface area (Å²) in [7, 11) is 0. The average molecular weight is 290 g/mol. The minimum atomic E-state index is 0.291. The second-order valence-electron chi connectivity index (χ2n) is 4.91. The molecule has 0 radical (unpaired) electrons. The Morgan fingerprint density at radius 3 is 2.75 bits per heavy atom. The zero-order valence-electron chi connectivity index (χ0n) is 11.7. The van der Waals surface area contributed by atoms with Crippen molar-refractivity contribution in [3.8, 4) is 11.6 Å². The Hall–Kier alpha value is -1.87. The molecule has 0 fully saturated rings. The molecule has 104 valence electrons. The molecule has 0 aliphatic carbocycles.